The van der Waals surface area contributed by atoms with Gasteiger partial charge in [-0.25, -0.2) is 4.79 Å². The molecule has 2 heterocycles. The highest BCUT2D eigenvalue weighted by molar-refractivity contribution is 6.30. The molecular formula is C21H29ClN4O3. The summed E-state index contributed by atoms with van der Waals surface area (Å²) in [7, 11) is 0. The van der Waals surface area contributed by atoms with Crippen molar-refractivity contribution < 1.29 is 14.4 Å². The van der Waals surface area contributed by atoms with Crippen LogP contribution >= 0.6 is 11.6 Å². The Balaban J connectivity index is 1.82. The van der Waals surface area contributed by atoms with Crippen LogP contribution in [0.2, 0.25) is 5.02 Å². The number of nitrogens with one attached hydrogen (secondary N) is 1. The predicted octanol–water partition coefficient (Wildman–Crippen LogP) is 2.91. The fraction of sp³-hybridized carbons (Fsp3) is 0.571. The zero-order valence-electron chi connectivity index (χ0n) is 17.3. The van der Waals surface area contributed by atoms with E-state index in [-0.39, 0.29) is 23.8 Å². The van der Waals surface area contributed by atoms with Crippen molar-refractivity contribution in [1.82, 2.24) is 14.7 Å². The lowest BCUT2D eigenvalue weighted by molar-refractivity contribution is -0.135. The van der Waals surface area contributed by atoms with Crippen molar-refractivity contribution in [3.8, 4) is 0 Å². The minimum absolute atomic E-state index is 0.0591. The molecule has 2 saturated heterocycles. The van der Waals surface area contributed by atoms with Crippen molar-refractivity contribution in [2.75, 3.05) is 44.6 Å². The fourth-order valence-electron chi connectivity index (χ4n) is 4.24. The van der Waals surface area contributed by atoms with Gasteiger partial charge in [0.2, 0.25) is 11.8 Å². The summed E-state index contributed by atoms with van der Waals surface area (Å²) in [5, 5.41) is 3.44. The van der Waals surface area contributed by atoms with Gasteiger partial charge in [-0.2, -0.15) is 0 Å². The van der Waals surface area contributed by atoms with Gasteiger partial charge in [0, 0.05) is 67.7 Å². The molecule has 29 heavy (non-hydrogen) atoms. The van der Waals surface area contributed by atoms with Gasteiger partial charge < -0.3 is 20.0 Å². The van der Waals surface area contributed by atoms with Crippen molar-refractivity contribution in [2.45, 2.75) is 27.2 Å². The van der Waals surface area contributed by atoms with Crippen LogP contribution in [-0.4, -0.2) is 71.8 Å². The highest BCUT2D eigenvalue weighted by atomic mass is 35.5. The second-order valence-corrected chi connectivity index (χ2v) is 8.80. The summed E-state index contributed by atoms with van der Waals surface area (Å²) in [5.41, 5.74) is 0.174. The molecular weight excluding hydrogens is 392 g/mol. The minimum atomic E-state index is -0.445. The summed E-state index contributed by atoms with van der Waals surface area (Å²) in [6, 6.07) is 6.76. The standard InChI is InChI=1S/C21H29ClN4O3/c1-4-24-12-21(11-18(24)27)13-25(19(28)15(2)3)8-9-26(14-21)20(29)23-17-7-5-6-16(22)10-17/h5-7,10,15H,4,8-9,11-14H2,1-3H3,(H,23,29). The molecule has 1 N–H and O–H groups in total. The molecule has 0 aliphatic carbocycles. The van der Waals surface area contributed by atoms with E-state index in [0.29, 0.717) is 56.4 Å². The first-order chi connectivity index (χ1) is 13.7. The normalized spacial score (nSPS) is 22.4. The Labute approximate surface area is 177 Å². The van der Waals surface area contributed by atoms with Crippen molar-refractivity contribution in [3.63, 3.8) is 0 Å². The molecule has 4 amide bonds. The van der Waals surface area contributed by atoms with Gasteiger partial charge in [0.25, 0.3) is 0 Å². The van der Waals surface area contributed by atoms with Crippen LogP contribution in [0.5, 0.6) is 0 Å². The lowest BCUT2D eigenvalue weighted by Crippen LogP contribution is -2.46. The number of hydrogen-bond acceptors (Lipinski definition) is 3. The number of amides is 4. The number of carbonyl (C=O) groups excluding carboxylic acids is 3. The molecule has 1 unspecified atom stereocenters. The summed E-state index contributed by atoms with van der Waals surface area (Å²) in [4.78, 5) is 43.6. The molecule has 0 saturated carbocycles. The predicted molar refractivity (Wildman–Crippen MR) is 113 cm³/mol. The van der Waals surface area contributed by atoms with Gasteiger partial charge in [0.15, 0.2) is 0 Å². The van der Waals surface area contributed by atoms with Crippen LogP contribution in [0.4, 0.5) is 10.5 Å². The second kappa shape index (κ2) is 8.61. The molecule has 3 rings (SSSR count). The van der Waals surface area contributed by atoms with E-state index in [1.807, 2.05) is 30.6 Å². The van der Waals surface area contributed by atoms with Crippen LogP contribution in [0.15, 0.2) is 24.3 Å². The van der Waals surface area contributed by atoms with Gasteiger partial charge in [-0.05, 0) is 25.1 Å². The maximum atomic E-state index is 13.0. The molecule has 2 fully saturated rings. The zero-order valence-corrected chi connectivity index (χ0v) is 18.0. The van der Waals surface area contributed by atoms with Crippen molar-refractivity contribution in [1.29, 1.82) is 0 Å². The van der Waals surface area contributed by atoms with Crippen LogP contribution in [0, 0.1) is 11.3 Å². The molecule has 1 spiro atoms. The number of halogens is 1. The number of nitrogens with zero attached hydrogens (tertiary/aromatic N) is 3. The number of urea groups is 1. The molecule has 2 aliphatic heterocycles. The van der Waals surface area contributed by atoms with Crippen molar-refractivity contribution in [2.24, 2.45) is 11.3 Å². The third-order valence-electron chi connectivity index (χ3n) is 5.65. The molecule has 1 aromatic rings. The number of carbonyl (C=O) groups is 3. The van der Waals surface area contributed by atoms with Gasteiger partial charge in [0.1, 0.15) is 0 Å². The highest BCUT2D eigenvalue weighted by Crippen LogP contribution is 2.35. The first-order valence-electron chi connectivity index (χ1n) is 10.1. The Hall–Kier alpha value is -2.28. The third-order valence-corrected chi connectivity index (χ3v) is 5.88. The third kappa shape index (κ3) is 4.83. The van der Waals surface area contributed by atoms with Crippen molar-refractivity contribution >= 4 is 35.1 Å². The average Bonchev–Trinajstić information content (AvgIpc) is 2.85. The second-order valence-electron chi connectivity index (χ2n) is 8.36. The Morgan fingerprint density at radius 2 is 1.86 bits per heavy atom. The van der Waals surface area contributed by atoms with E-state index >= 15 is 0 Å². The molecule has 1 aromatic carbocycles. The van der Waals surface area contributed by atoms with E-state index in [1.54, 1.807) is 29.2 Å². The first-order valence-corrected chi connectivity index (χ1v) is 10.5. The Morgan fingerprint density at radius 3 is 2.48 bits per heavy atom. The Morgan fingerprint density at radius 1 is 1.17 bits per heavy atom. The van der Waals surface area contributed by atoms with Crippen LogP contribution in [0.25, 0.3) is 0 Å². The number of rotatable bonds is 3. The van der Waals surface area contributed by atoms with E-state index in [4.69, 9.17) is 11.6 Å². The van der Waals surface area contributed by atoms with Crippen LogP contribution in [-0.2, 0) is 9.59 Å². The molecule has 2 aliphatic rings. The molecule has 0 bridgehead atoms. The molecule has 7 nitrogen and oxygen atoms in total. The number of likely N-dealkylation sites (tertiary alicyclic amines) is 1. The zero-order chi connectivity index (χ0) is 21.2. The van der Waals surface area contributed by atoms with E-state index in [2.05, 4.69) is 5.32 Å². The first kappa shape index (κ1) is 21.4. The van der Waals surface area contributed by atoms with E-state index in [9.17, 15) is 14.4 Å². The average molecular weight is 421 g/mol. The van der Waals surface area contributed by atoms with Gasteiger partial charge >= 0.3 is 6.03 Å². The topological polar surface area (TPSA) is 73.0 Å². The minimum Gasteiger partial charge on any atom is -0.342 e. The fourth-order valence-corrected chi connectivity index (χ4v) is 4.43. The molecule has 8 heteroatoms. The molecule has 0 radical (unpaired) electrons. The summed E-state index contributed by atoms with van der Waals surface area (Å²) in [6.07, 6.45) is 0.351. The SMILES string of the molecule is CCN1CC2(CC1=O)CN(C(=O)Nc1cccc(Cl)c1)CCN(C(=O)C(C)C)C2. The summed E-state index contributed by atoms with van der Waals surface area (Å²) < 4.78 is 0. The summed E-state index contributed by atoms with van der Waals surface area (Å²) in [6.45, 7) is 8.71. The van der Waals surface area contributed by atoms with E-state index < -0.39 is 5.41 Å². The quantitative estimate of drug-likeness (QED) is 0.817. The van der Waals surface area contributed by atoms with Crippen LogP contribution in [0.1, 0.15) is 27.2 Å². The maximum Gasteiger partial charge on any atom is 0.321 e. The van der Waals surface area contributed by atoms with E-state index in [1.165, 1.54) is 0 Å². The lowest BCUT2D eigenvalue weighted by atomic mass is 9.85. The Bertz CT molecular complexity index is 800. The van der Waals surface area contributed by atoms with E-state index in [0.717, 1.165) is 0 Å². The molecule has 1 atom stereocenters. The van der Waals surface area contributed by atoms with Gasteiger partial charge in [-0.15, -0.1) is 0 Å². The monoisotopic (exact) mass is 420 g/mol. The number of benzene rings is 1. The summed E-state index contributed by atoms with van der Waals surface area (Å²) >= 11 is 6.02. The van der Waals surface area contributed by atoms with Gasteiger partial charge in [-0.1, -0.05) is 31.5 Å². The van der Waals surface area contributed by atoms with Crippen LogP contribution in [0.3, 0.4) is 0 Å². The number of hydrogen-bond donors (Lipinski definition) is 1. The maximum absolute atomic E-state index is 13.0. The highest BCUT2D eigenvalue weighted by Gasteiger charge is 2.47. The lowest BCUT2D eigenvalue weighted by Gasteiger charge is -2.34. The summed E-state index contributed by atoms with van der Waals surface area (Å²) in [5.74, 6) is 0.0173. The number of anilines is 1. The largest absolute Gasteiger partial charge is 0.342 e. The van der Waals surface area contributed by atoms with Crippen molar-refractivity contribution in [3.05, 3.63) is 29.3 Å². The molecule has 158 valence electrons. The Kier molecular flexibility index (Phi) is 6.36. The van der Waals surface area contributed by atoms with Gasteiger partial charge in [0.05, 0.1) is 0 Å². The van der Waals surface area contributed by atoms with Gasteiger partial charge in [-0.3, -0.25) is 9.59 Å². The smallest absolute Gasteiger partial charge is 0.321 e. The van der Waals surface area contributed by atoms with Crippen LogP contribution < -0.4 is 5.32 Å². The molecule has 0 aromatic heterocycles.